The van der Waals surface area contributed by atoms with E-state index in [-0.39, 0.29) is 17.9 Å². The summed E-state index contributed by atoms with van der Waals surface area (Å²) >= 11 is 6.15. The van der Waals surface area contributed by atoms with Crippen molar-refractivity contribution < 1.29 is 9.53 Å². The van der Waals surface area contributed by atoms with Crippen molar-refractivity contribution in [1.82, 2.24) is 15.2 Å². The molecule has 1 aromatic heterocycles. The molecule has 1 saturated heterocycles. The molecule has 2 heterocycles. The molecular weight excluding hydrogens is 410 g/mol. The topological polar surface area (TPSA) is 54.5 Å². The van der Waals surface area contributed by atoms with Gasteiger partial charge in [-0.05, 0) is 60.9 Å². The second-order valence-electron chi connectivity index (χ2n) is 8.72. The molecule has 166 valence electrons. The number of rotatable bonds is 8. The molecule has 0 spiro atoms. The Kier molecular flexibility index (Phi) is 7.59. The number of hydrogen-bond acceptors (Lipinski definition) is 4. The molecule has 4 atom stereocenters. The number of fused-ring (bicyclic) bond motifs is 1. The second-order valence-corrected chi connectivity index (χ2v) is 9.16. The Labute approximate surface area is 190 Å². The molecule has 1 N–H and O–H groups in total. The molecule has 0 unspecified atom stereocenters. The highest BCUT2D eigenvalue weighted by molar-refractivity contribution is 6.30. The molecule has 0 bridgehead atoms. The number of amides is 1. The number of carbonyl (C=O) groups excluding carboxylic acids is 1. The molecule has 1 aliphatic carbocycles. The number of aromatic nitrogens is 1. The van der Waals surface area contributed by atoms with Gasteiger partial charge >= 0.3 is 0 Å². The van der Waals surface area contributed by atoms with Crippen LogP contribution in [-0.4, -0.2) is 48.1 Å². The first-order chi connectivity index (χ1) is 15.2. The predicted molar refractivity (Wildman–Crippen MR) is 123 cm³/mol. The van der Waals surface area contributed by atoms with Crippen molar-refractivity contribution in [1.29, 1.82) is 0 Å². The van der Waals surface area contributed by atoms with Gasteiger partial charge in [0.25, 0.3) is 0 Å². The molecule has 1 amide bonds. The summed E-state index contributed by atoms with van der Waals surface area (Å²) in [7, 11) is 1.72. The van der Waals surface area contributed by atoms with E-state index in [1.165, 1.54) is 11.1 Å². The number of piperidine rings is 1. The number of methoxy groups -OCH3 is 1. The zero-order valence-electron chi connectivity index (χ0n) is 18.2. The van der Waals surface area contributed by atoms with Crippen LogP contribution in [0.2, 0.25) is 5.02 Å². The van der Waals surface area contributed by atoms with Gasteiger partial charge in [-0.1, -0.05) is 29.8 Å². The van der Waals surface area contributed by atoms with E-state index in [0.717, 1.165) is 43.8 Å². The van der Waals surface area contributed by atoms with Crippen molar-refractivity contribution in [3.63, 3.8) is 0 Å². The summed E-state index contributed by atoms with van der Waals surface area (Å²) in [6.45, 7) is 2.26. The maximum atomic E-state index is 13.2. The Bertz CT molecular complexity index is 846. The summed E-state index contributed by atoms with van der Waals surface area (Å²) in [4.78, 5) is 19.6. The zero-order valence-corrected chi connectivity index (χ0v) is 18.9. The van der Waals surface area contributed by atoms with Gasteiger partial charge in [-0.3, -0.25) is 9.78 Å². The monoisotopic (exact) mass is 441 g/mol. The van der Waals surface area contributed by atoms with Crippen molar-refractivity contribution in [3.05, 3.63) is 64.9 Å². The summed E-state index contributed by atoms with van der Waals surface area (Å²) < 4.78 is 5.25. The van der Waals surface area contributed by atoms with Gasteiger partial charge in [0.2, 0.25) is 5.91 Å². The van der Waals surface area contributed by atoms with Crippen molar-refractivity contribution in [2.45, 2.75) is 56.7 Å². The van der Waals surface area contributed by atoms with Crippen molar-refractivity contribution >= 4 is 17.5 Å². The van der Waals surface area contributed by atoms with Crippen molar-refractivity contribution in [2.24, 2.45) is 5.92 Å². The molecule has 1 aromatic carbocycles. The molecule has 4 rings (SSSR count). The SMILES string of the molecule is COCCCN1C(=O)C[C@H](c2ccc(Cl)cc2)[C@H]2[C@@H](NCc3cccnc3)CCC[C@H]21. The summed E-state index contributed by atoms with van der Waals surface area (Å²) in [5, 5.41) is 4.56. The number of nitrogens with zero attached hydrogens (tertiary/aromatic N) is 2. The fraction of sp³-hybridized carbons (Fsp3) is 0.520. The molecule has 2 aromatic rings. The van der Waals surface area contributed by atoms with Crippen LogP contribution in [0.15, 0.2) is 48.8 Å². The number of pyridine rings is 1. The molecule has 6 heteroatoms. The highest BCUT2D eigenvalue weighted by Crippen LogP contribution is 2.45. The van der Waals surface area contributed by atoms with Crippen LogP contribution in [0.4, 0.5) is 0 Å². The number of ether oxygens (including phenoxy) is 1. The highest BCUT2D eigenvalue weighted by Gasteiger charge is 2.47. The zero-order chi connectivity index (χ0) is 21.6. The molecule has 1 aliphatic heterocycles. The normalized spacial score (nSPS) is 26.0. The number of carbonyl (C=O) groups is 1. The molecule has 0 radical (unpaired) electrons. The predicted octanol–water partition coefficient (Wildman–Crippen LogP) is 4.41. The smallest absolute Gasteiger partial charge is 0.223 e. The number of nitrogens with one attached hydrogen (secondary N) is 1. The fourth-order valence-electron chi connectivity index (χ4n) is 5.45. The van der Waals surface area contributed by atoms with E-state index in [4.69, 9.17) is 16.3 Å². The first kappa shape index (κ1) is 22.3. The molecule has 2 fully saturated rings. The number of hydrogen-bond donors (Lipinski definition) is 1. The van der Waals surface area contributed by atoms with Crippen LogP contribution >= 0.6 is 11.6 Å². The maximum absolute atomic E-state index is 13.2. The minimum atomic E-state index is 0.208. The minimum Gasteiger partial charge on any atom is -0.385 e. The third kappa shape index (κ3) is 5.28. The standard InChI is InChI=1S/C25H32ClN3O2/c1-31-14-4-13-29-23-7-2-6-22(28-17-18-5-3-12-27-16-18)25(23)21(15-24(29)30)19-8-10-20(26)11-9-19/h3,5,8-12,16,21-23,25,28H,2,4,6-7,13-15,17H2,1H3/t21-,22+,23-,25+/m1/s1. The third-order valence-corrected chi connectivity index (χ3v) is 7.09. The Morgan fingerprint density at radius 2 is 2.06 bits per heavy atom. The Hall–Kier alpha value is -1.95. The Morgan fingerprint density at radius 3 is 2.81 bits per heavy atom. The van der Waals surface area contributed by atoms with Gasteiger partial charge in [-0.2, -0.15) is 0 Å². The lowest BCUT2D eigenvalue weighted by Crippen LogP contribution is -2.59. The van der Waals surface area contributed by atoms with E-state index in [2.05, 4.69) is 33.4 Å². The van der Waals surface area contributed by atoms with Gasteiger partial charge in [-0.15, -0.1) is 0 Å². The van der Waals surface area contributed by atoms with Crippen LogP contribution in [0.25, 0.3) is 0 Å². The second kappa shape index (κ2) is 10.6. The highest BCUT2D eigenvalue weighted by atomic mass is 35.5. The van der Waals surface area contributed by atoms with Crippen LogP contribution in [0.5, 0.6) is 0 Å². The Morgan fingerprint density at radius 1 is 1.23 bits per heavy atom. The molecule has 1 saturated carbocycles. The summed E-state index contributed by atoms with van der Waals surface area (Å²) in [5.41, 5.74) is 2.41. The summed E-state index contributed by atoms with van der Waals surface area (Å²) in [6.07, 6.45) is 8.50. The summed E-state index contributed by atoms with van der Waals surface area (Å²) in [6, 6.07) is 12.8. The number of likely N-dealkylation sites (tertiary alicyclic amines) is 1. The van der Waals surface area contributed by atoms with Crippen LogP contribution in [-0.2, 0) is 16.1 Å². The molecule has 2 aliphatic rings. The van der Waals surface area contributed by atoms with Gasteiger partial charge in [0.15, 0.2) is 0 Å². The lowest BCUT2D eigenvalue weighted by atomic mass is 9.66. The third-order valence-electron chi connectivity index (χ3n) is 6.84. The van der Waals surface area contributed by atoms with Gasteiger partial charge in [0.05, 0.1) is 0 Å². The molecular formula is C25H32ClN3O2. The first-order valence-corrected chi connectivity index (χ1v) is 11.7. The number of benzene rings is 1. The van der Waals surface area contributed by atoms with Crippen LogP contribution in [0, 0.1) is 5.92 Å². The van der Waals surface area contributed by atoms with Gasteiger partial charge < -0.3 is 15.0 Å². The van der Waals surface area contributed by atoms with E-state index < -0.39 is 0 Å². The quantitative estimate of drug-likeness (QED) is 0.616. The Balaban J connectivity index is 1.58. The van der Waals surface area contributed by atoms with Gasteiger partial charge in [-0.25, -0.2) is 0 Å². The lowest BCUT2D eigenvalue weighted by molar-refractivity contribution is -0.142. The molecule has 5 nitrogen and oxygen atoms in total. The minimum absolute atomic E-state index is 0.208. The van der Waals surface area contributed by atoms with Gasteiger partial charge in [0.1, 0.15) is 0 Å². The van der Waals surface area contributed by atoms with Crippen molar-refractivity contribution in [2.75, 3.05) is 20.3 Å². The van der Waals surface area contributed by atoms with E-state index in [0.29, 0.717) is 25.0 Å². The number of halogens is 1. The fourth-order valence-corrected chi connectivity index (χ4v) is 5.57. The van der Waals surface area contributed by atoms with E-state index in [9.17, 15) is 4.79 Å². The molecule has 31 heavy (non-hydrogen) atoms. The van der Waals surface area contributed by atoms with Gasteiger partial charge in [0, 0.05) is 68.6 Å². The van der Waals surface area contributed by atoms with Crippen molar-refractivity contribution in [3.8, 4) is 0 Å². The average molecular weight is 442 g/mol. The average Bonchev–Trinajstić information content (AvgIpc) is 2.80. The van der Waals surface area contributed by atoms with Crippen LogP contribution in [0.3, 0.4) is 0 Å². The van der Waals surface area contributed by atoms with E-state index >= 15 is 0 Å². The first-order valence-electron chi connectivity index (χ1n) is 11.3. The lowest BCUT2D eigenvalue weighted by Gasteiger charge is -2.51. The summed E-state index contributed by atoms with van der Waals surface area (Å²) in [5.74, 6) is 0.859. The van der Waals surface area contributed by atoms with E-state index in [1.807, 2.05) is 24.4 Å². The largest absolute Gasteiger partial charge is 0.385 e. The van der Waals surface area contributed by atoms with Crippen LogP contribution in [0.1, 0.15) is 49.1 Å². The van der Waals surface area contributed by atoms with E-state index in [1.54, 1.807) is 13.3 Å². The van der Waals surface area contributed by atoms with Crippen LogP contribution < -0.4 is 5.32 Å². The maximum Gasteiger partial charge on any atom is 0.223 e.